The largest absolute Gasteiger partial charge is 0.486 e. The number of nitrogens with one attached hydrogen (secondary N) is 1. The Balaban J connectivity index is 2.10. The molecule has 1 aromatic rings. The van der Waals surface area contributed by atoms with Crippen LogP contribution in [0.15, 0.2) is 30.4 Å². The third-order valence-corrected chi connectivity index (χ3v) is 2.74. The van der Waals surface area contributed by atoms with Crippen molar-refractivity contribution in [3.8, 4) is 11.5 Å². The molecule has 1 aliphatic rings. The molecule has 2 rings (SSSR count). The molecule has 18 heavy (non-hydrogen) atoms. The van der Waals surface area contributed by atoms with E-state index < -0.39 is 0 Å². The van der Waals surface area contributed by atoms with Crippen molar-refractivity contribution in [1.29, 1.82) is 0 Å². The number of fused-ring (bicyclic) bond motifs is 1. The minimum atomic E-state index is -0.0973. The third-order valence-electron chi connectivity index (χ3n) is 2.74. The van der Waals surface area contributed by atoms with Gasteiger partial charge >= 0.3 is 0 Å². The summed E-state index contributed by atoms with van der Waals surface area (Å²) < 4.78 is 11.0. The zero-order chi connectivity index (χ0) is 13.0. The van der Waals surface area contributed by atoms with Gasteiger partial charge in [-0.2, -0.15) is 0 Å². The summed E-state index contributed by atoms with van der Waals surface area (Å²) in [6, 6.07) is 5.66. The molecule has 1 heterocycles. The maximum absolute atomic E-state index is 11.5. The first-order valence-electron chi connectivity index (χ1n) is 6.03. The standard InChI is InChI=1S/C14H17NO3/c1-3-4-14(16)15-10(2)11-5-6-12-13(9-11)18-8-7-17-12/h3-6,9-10H,7-8H2,1-2H3,(H,15,16)/b4-3+/t10-/m0/s1. The Morgan fingerprint density at radius 1 is 1.33 bits per heavy atom. The van der Waals surface area contributed by atoms with E-state index >= 15 is 0 Å². The second-order valence-corrected chi connectivity index (χ2v) is 4.13. The number of benzene rings is 1. The smallest absolute Gasteiger partial charge is 0.244 e. The van der Waals surface area contributed by atoms with Gasteiger partial charge in [0.05, 0.1) is 6.04 Å². The van der Waals surface area contributed by atoms with Crippen molar-refractivity contribution < 1.29 is 14.3 Å². The molecule has 0 spiro atoms. The van der Waals surface area contributed by atoms with Crippen LogP contribution in [0.3, 0.4) is 0 Å². The van der Waals surface area contributed by atoms with E-state index in [0.717, 1.165) is 17.1 Å². The van der Waals surface area contributed by atoms with Gasteiger partial charge in [-0.1, -0.05) is 12.1 Å². The molecular formula is C14H17NO3. The van der Waals surface area contributed by atoms with E-state index in [4.69, 9.17) is 9.47 Å². The molecule has 1 amide bonds. The van der Waals surface area contributed by atoms with Crippen molar-refractivity contribution in [2.45, 2.75) is 19.9 Å². The van der Waals surface area contributed by atoms with Crippen LogP contribution in [0.2, 0.25) is 0 Å². The summed E-state index contributed by atoms with van der Waals surface area (Å²) in [5.74, 6) is 1.41. The Labute approximate surface area is 107 Å². The van der Waals surface area contributed by atoms with Crippen molar-refractivity contribution in [1.82, 2.24) is 5.32 Å². The first-order chi connectivity index (χ1) is 8.70. The molecular weight excluding hydrogens is 230 g/mol. The second kappa shape index (κ2) is 5.58. The van der Waals surface area contributed by atoms with Gasteiger partial charge in [-0.25, -0.2) is 0 Å². The molecule has 0 aromatic heterocycles. The van der Waals surface area contributed by atoms with Gasteiger partial charge in [0.15, 0.2) is 11.5 Å². The maximum Gasteiger partial charge on any atom is 0.244 e. The Hall–Kier alpha value is -1.97. The Morgan fingerprint density at radius 3 is 2.78 bits per heavy atom. The summed E-state index contributed by atoms with van der Waals surface area (Å²) in [4.78, 5) is 11.5. The van der Waals surface area contributed by atoms with Crippen LogP contribution in [-0.2, 0) is 4.79 Å². The minimum absolute atomic E-state index is 0.0653. The predicted octanol–water partition coefficient (Wildman–Crippen LogP) is 2.21. The number of rotatable bonds is 3. The zero-order valence-electron chi connectivity index (χ0n) is 10.6. The van der Waals surface area contributed by atoms with Crippen LogP contribution in [0.25, 0.3) is 0 Å². The molecule has 96 valence electrons. The summed E-state index contributed by atoms with van der Waals surface area (Å²) >= 11 is 0. The molecule has 1 aliphatic heterocycles. The van der Waals surface area contributed by atoms with Crippen LogP contribution in [0.5, 0.6) is 11.5 Å². The highest BCUT2D eigenvalue weighted by Gasteiger charge is 2.14. The van der Waals surface area contributed by atoms with E-state index in [1.165, 1.54) is 6.08 Å². The highest BCUT2D eigenvalue weighted by atomic mass is 16.6. The van der Waals surface area contributed by atoms with E-state index in [2.05, 4.69) is 5.32 Å². The quantitative estimate of drug-likeness (QED) is 0.833. The lowest BCUT2D eigenvalue weighted by atomic mass is 10.1. The fourth-order valence-corrected chi connectivity index (χ4v) is 1.83. The Bertz CT molecular complexity index is 468. The molecule has 0 saturated heterocycles. The average Bonchev–Trinajstić information content (AvgIpc) is 2.38. The molecule has 1 N–H and O–H groups in total. The van der Waals surface area contributed by atoms with E-state index in [-0.39, 0.29) is 11.9 Å². The lowest BCUT2D eigenvalue weighted by molar-refractivity contribution is -0.117. The number of carbonyl (C=O) groups is 1. The first-order valence-corrected chi connectivity index (χ1v) is 6.03. The van der Waals surface area contributed by atoms with Crippen molar-refractivity contribution in [3.63, 3.8) is 0 Å². The van der Waals surface area contributed by atoms with Gasteiger partial charge in [-0.15, -0.1) is 0 Å². The minimum Gasteiger partial charge on any atom is -0.486 e. The summed E-state index contributed by atoms with van der Waals surface area (Å²) in [5.41, 5.74) is 0.997. The van der Waals surface area contributed by atoms with Crippen molar-refractivity contribution in [2.75, 3.05) is 13.2 Å². The van der Waals surface area contributed by atoms with Gasteiger partial charge in [0.1, 0.15) is 13.2 Å². The Morgan fingerprint density at radius 2 is 2.06 bits per heavy atom. The van der Waals surface area contributed by atoms with E-state index in [1.807, 2.05) is 32.0 Å². The van der Waals surface area contributed by atoms with Crippen LogP contribution in [0, 0.1) is 0 Å². The van der Waals surface area contributed by atoms with E-state index in [0.29, 0.717) is 13.2 Å². The maximum atomic E-state index is 11.5. The van der Waals surface area contributed by atoms with Gasteiger partial charge in [0.2, 0.25) is 5.91 Å². The Kier molecular flexibility index (Phi) is 3.87. The molecule has 0 unspecified atom stereocenters. The second-order valence-electron chi connectivity index (χ2n) is 4.13. The molecule has 0 saturated carbocycles. The summed E-state index contributed by atoms with van der Waals surface area (Å²) in [7, 11) is 0. The molecule has 4 nitrogen and oxygen atoms in total. The first kappa shape index (κ1) is 12.5. The van der Waals surface area contributed by atoms with Crippen LogP contribution in [-0.4, -0.2) is 19.1 Å². The molecule has 0 fully saturated rings. The normalized spacial score (nSPS) is 15.4. The number of hydrogen-bond donors (Lipinski definition) is 1. The van der Waals surface area contributed by atoms with E-state index in [1.54, 1.807) is 6.08 Å². The van der Waals surface area contributed by atoms with Crippen LogP contribution >= 0.6 is 0 Å². The SMILES string of the molecule is C/C=C/C(=O)N[C@@H](C)c1ccc2c(c1)OCCO2. The third kappa shape index (κ3) is 2.83. The fraction of sp³-hybridized carbons (Fsp3) is 0.357. The van der Waals surface area contributed by atoms with Crippen LogP contribution < -0.4 is 14.8 Å². The predicted molar refractivity (Wildman–Crippen MR) is 68.8 cm³/mol. The summed E-state index contributed by atoms with van der Waals surface area (Å²) in [6.45, 7) is 4.90. The highest BCUT2D eigenvalue weighted by Crippen LogP contribution is 2.32. The van der Waals surface area contributed by atoms with Crippen LogP contribution in [0.4, 0.5) is 0 Å². The summed E-state index contributed by atoms with van der Waals surface area (Å²) in [5, 5.41) is 2.88. The number of amides is 1. The monoisotopic (exact) mass is 247 g/mol. The molecule has 1 aromatic carbocycles. The van der Waals surface area contributed by atoms with Gasteiger partial charge < -0.3 is 14.8 Å². The van der Waals surface area contributed by atoms with Gasteiger partial charge in [0, 0.05) is 0 Å². The average molecular weight is 247 g/mol. The number of ether oxygens (including phenoxy) is 2. The highest BCUT2D eigenvalue weighted by molar-refractivity contribution is 5.87. The molecule has 1 atom stereocenters. The lowest BCUT2D eigenvalue weighted by Gasteiger charge is -2.20. The van der Waals surface area contributed by atoms with Gasteiger partial charge in [-0.3, -0.25) is 4.79 Å². The number of hydrogen-bond acceptors (Lipinski definition) is 3. The lowest BCUT2D eigenvalue weighted by Crippen LogP contribution is -2.25. The molecule has 0 bridgehead atoms. The van der Waals surface area contributed by atoms with Crippen LogP contribution in [0.1, 0.15) is 25.5 Å². The molecule has 0 radical (unpaired) electrons. The summed E-state index contributed by atoms with van der Waals surface area (Å²) in [6.07, 6.45) is 3.22. The molecule has 0 aliphatic carbocycles. The van der Waals surface area contributed by atoms with Gasteiger partial charge in [0.25, 0.3) is 0 Å². The van der Waals surface area contributed by atoms with Crippen molar-refractivity contribution in [3.05, 3.63) is 35.9 Å². The molecule has 4 heteroatoms. The number of carbonyl (C=O) groups excluding carboxylic acids is 1. The zero-order valence-corrected chi connectivity index (χ0v) is 10.6. The fourth-order valence-electron chi connectivity index (χ4n) is 1.83. The van der Waals surface area contributed by atoms with Crippen molar-refractivity contribution in [2.24, 2.45) is 0 Å². The van der Waals surface area contributed by atoms with Crippen molar-refractivity contribution >= 4 is 5.91 Å². The van der Waals surface area contributed by atoms with Gasteiger partial charge in [-0.05, 0) is 37.6 Å². The number of allylic oxidation sites excluding steroid dienone is 1. The van der Waals surface area contributed by atoms with E-state index in [9.17, 15) is 4.79 Å². The topological polar surface area (TPSA) is 47.6 Å².